The van der Waals surface area contributed by atoms with Crippen LogP contribution >= 0.6 is 0 Å². The fraction of sp³-hybridized carbons (Fsp3) is 0.800. The van der Waals surface area contributed by atoms with Crippen molar-refractivity contribution in [2.45, 2.75) is 13.8 Å². The second kappa shape index (κ2) is 2.75. The van der Waals surface area contributed by atoms with E-state index in [1.54, 1.807) is 6.92 Å². The van der Waals surface area contributed by atoms with Gasteiger partial charge in [0.05, 0.1) is 0 Å². The highest BCUT2D eigenvalue weighted by Crippen LogP contribution is 1.90. The van der Waals surface area contributed by atoms with E-state index in [1.165, 1.54) is 6.92 Å². The van der Waals surface area contributed by atoms with Crippen LogP contribution < -0.4 is 5.73 Å². The van der Waals surface area contributed by atoms with Gasteiger partial charge in [0.15, 0.2) is 0 Å². The molecule has 0 amide bonds. The molecule has 7 heavy (non-hydrogen) atoms. The molecule has 0 aliphatic heterocycles. The summed E-state index contributed by atoms with van der Waals surface area (Å²) < 4.78 is 0. The van der Waals surface area contributed by atoms with Gasteiger partial charge in [-0.05, 0) is 6.92 Å². The van der Waals surface area contributed by atoms with Gasteiger partial charge >= 0.3 is 0 Å². The van der Waals surface area contributed by atoms with E-state index in [4.69, 9.17) is 5.73 Å². The Morgan fingerprint density at radius 2 is 2.29 bits per heavy atom. The van der Waals surface area contributed by atoms with Gasteiger partial charge in [0.1, 0.15) is 5.78 Å². The number of carbonyl (C=O) groups excluding carboxylic acids is 1. The van der Waals surface area contributed by atoms with Gasteiger partial charge in [-0.3, -0.25) is 10.5 Å². The van der Waals surface area contributed by atoms with Crippen LogP contribution in [0, 0.1) is 5.92 Å². The fourth-order valence-electron chi connectivity index (χ4n) is 0.144. The number of hydrogen-bond donors (Lipinski definition) is 0. The molecule has 1 radical (unpaired) electrons. The molecular formula is C5H10NO. The minimum absolute atomic E-state index is 0.0694. The Morgan fingerprint density at radius 1 is 1.86 bits per heavy atom. The molecule has 0 heterocycles. The molecule has 0 aliphatic carbocycles. The molecule has 41 valence electrons. The monoisotopic (exact) mass is 100 g/mol. The van der Waals surface area contributed by atoms with Crippen molar-refractivity contribution in [1.82, 2.24) is 5.73 Å². The van der Waals surface area contributed by atoms with E-state index < -0.39 is 0 Å². The van der Waals surface area contributed by atoms with Crippen LogP contribution in [0.25, 0.3) is 0 Å². The van der Waals surface area contributed by atoms with E-state index >= 15 is 0 Å². The van der Waals surface area contributed by atoms with E-state index in [2.05, 4.69) is 0 Å². The second-order valence-corrected chi connectivity index (χ2v) is 1.72. The van der Waals surface area contributed by atoms with Crippen molar-refractivity contribution < 1.29 is 4.79 Å². The van der Waals surface area contributed by atoms with Gasteiger partial charge in [-0.1, -0.05) is 6.92 Å². The van der Waals surface area contributed by atoms with Gasteiger partial charge in [-0.2, -0.15) is 0 Å². The van der Waals surface area contributed by atoms with Crippen molar-refractivity contribution in [3.8, 4) is 0 Å². The van der Waals surface area contributed by atoms with E-state index in [0.29, 0.717) is 0 Å². The summed E-state index contributed by atoms with van der Waals surface area (Å²) in [5.74, 6) is 0.0370. The normalized spacial score (nSPS) is 13.6. The summed E-state index contributed by atoms with van der Waals surface area (Å²) in [4.78, 5) is 10.3. The fourth-order valence-corrected chi connectivity index (χ4v) is 0.144. The Bertz CT molecular complexity index is 70.5. The first-order chi connectivity index (χ1) is 3.18. The average molecular weight is 100 g/mol. The van der Waals surface area contributed by atoms with Gasteiger partial charge in [-0.15, -0.1) is 0 Å². The van der Waals surface area contributed by atoms with E-state index in [1.807, 2.05) is 0 Å². The molecule has 0 saturated heterocycles. The summed E-state index contributed by atoms with van der Waals surface area (Å²) in [5, 5.41) is 0. The number of rotatable bonds is 2. The van der Waals surface area contributed by atoms with Crippen molar-refractivity contribution in [2.24, 2.45) is 5.92 Å². The first-order valence-corrected chi connectivity index (χ1v) is 2.33. The Kier molecular flexibility index (Phi) is 2.60. The molecule has 2 nitrogen and oxygen atoms in total. The molecular weight excluding hydrogens is 90.1 g/mol. The Labute approximate surface area is 43.7 Å². The summed E-state index contributed by atoms with van der Waals surface area (Å²) in [6.07, 6.45) is 0. The zero-order chi connectivity index (χ0) is 5.86. The SMILES string of the molecule is CC(=O)C(C)C[NH]. The van der Waals surface area contributed by atoms with Crippen molar-refractivity contribution in [3.63, 3.8) is 0 Å². The van der Waals surface area contributed by atoms with Crippen molar-refractivity contribution in [2.75, 3.05) is 6.54 Å². The van der Waals surface area contributed by atoms with Crippen molar-refractivity contribution in [3.05, 3.63) is 0 Å². The minimum Gasteiger partial charge on any atom is -0.300 e. The lowest BCUT2D eigenvalue weighted by molar-refractivity contribution is -0.119. The minimum atomic E-state index is -0.0694. The van der Waals surface area contributed by atoms with Crippen LogP contribution in [0.5, 0.6) is 0 Å². The molecule has 1 unspecified atom stereocenters. The zero-order valence-corrected chi connectivity index (χ0v) is 4.69. The average Bonchev–Trinajstić information content (AvgIpc) is 1.65. The summed E-state index contributed by atoms with van der Waals surface area (Å²) in [6, 6.07) is 0. The molecule has 0 aliphatic rings. The summed E-state index contributed by atoms with van der Waals surface area (Å²) >= 11 is 0. The largest absolute Gasteiger partial charge is 0.300 e. The third-order valence-corrected chi connectivity index (χ3v) is 1.00. The lowest BCUT2D eigenvalue weighted by atomic mass is 10.1. The van der Waals surface area contributed by atoms with Gasteiger partial charge < -0.3 is 0 Å². The maximum atomic E-state index is 10.3. The lowest BCUT2D eigenvalue weighted by Gasteiger charge is -1.97. The quantitative estimate of drug-likeness (QED) is 0.498. The molecule has 0 aromatic heterocycles. The van der Waals surface area contributed by atoms with Crippen LogP contribution in [0.1, 0.15) is 13.8 Å². The van der Waals surface area contributed by atoms with Crippen LogP contribution in [0.15, 0.2) is 0 Å². The third-order valence-electron chi connectivity index (χ3n) is 1.00. The Hall–Kier alpha value is -0.370. The highest BCUT2D eigenvalue weighted by Gasteiger charge is 2.02. The molecule has 0 aromatic rings. The standard InChI is InChI=1S/C5H10NO/c1-4(3-6)5(2)7/h4,6H,3H2,1-2H3. The molecule has 0 rings (SSSR count). The number of nitrogens with one attached hydrogen (secondary N) is 1. The molecule has 2 heteroatoms. The smallest absolute Gasteiger partial charge is 0.133 e. The molecule has 1 N–H and O–H groups in total. The van der Waals surface area contributed by atoms with Gasteiger partial charge in [-0.25, -0.2) is 0 Å². The Balaban J connectivity index is 3.34. The predicted octanol–water partition coefficient (Wildman–Crippen LogP) is 0.494. The molecule has 0 saturated carbocycles. The maximum absolute atomic E-state index is 10.3. The third kappa shape index (κ3) is 2.34. The highest BCUT2D eigenvalue weighted by atomic mass is 16.1. The van der Waals surface area contributed by atoms with Gasteiger partial charge in [0.2, 0.25) is 0 Å². The molecule has 0 aromatic carbocycles. The zero-order valence-electron chi connectivity index (χ0n) is 4.69. The van der Waals surface area contributed by atoms with Crippen LogP contribution in [-0.2, 0) is 4.79 Å². The molecule has 0 spiro atoms. The number of Topliss-reactive ketones (excluding diaryl/α,β-unsaturated/α-hetero) is 1. The molecule has 0 bridgehead atoms. The van der Waals surface area contributed by atoms with Crippen LogP contribution in [0.4, 0.5) is 0 Å². The number of hydrogen-bond acceptors (Lipinski definition) is 1. The summed E-state index contributed by atoms with van der Waals surface area (Å²) in [5.41, 5.74) is 6.72. The van der Waals surface area contributed by atoms with Crippen LogP contribution in [0.3, 0.4) is 0 Å². The Morgan fingerprint density at radius 3 is 2.29 bits per heavy atom. The van der Waals surface area contributed by atoms with E-state index in [9.17, 15) is 4.79 Å². The predicted molar refractivity (Wildman–Crippen MR) is 27.8 cm³/mol. The summed E-state index contributed by atoms with van der Waals surface area (Å²) in [7, 11) is 0. The molecule has 0 fully saturated rings. The van der Waals surface area contributed by atoms with E-state index in [0.717, 1.165) is 0 Å². The first-order valence-electron chi connectivity index (χ1n) is 2.33. The molecule has 1 atom stereocenters. The lowest BCUT2D eigenvalue weighted by Crippen LogP contribution is -2.11. The van der Waals surface area contributed by atoms with Crippen molar-refractivity contribution >= 4 is 5.78 Å². The maximum Gasteiger partial charge on any atom is 0.133 e. The first kappa shape index (κ1) is 6.63. The van der Waals surface area contributed by atoms with Crippen molar-refractivity contribution in [1.29, 1.82) is 0 Å². The van der Waals surface area contributed by atoms with E-state index in [-0.39, 0.29) is 18.2 Å². The topological polar surface area (TPSA) is 40.9 Å². The number of carbonyl (C=O) groups is 1. The van der Waals surface area contributed by atoms with Crippen LogP contribution in [-0.4, -0.2) is 12.3 Å². The van der Waals surface area contributed by atoms with Crippen LogP contribution in [0.2, 0.25) is 0 Å². The number of ketones is 1. The summed E-state index contributed by atoms with van der Waals surface area (Å²) in [6.45, 7) is 3.49. The second-order valence-electron chi connectivity index (χ2n) is 1.72. The van der Waals surface area contributed by atoms with Gasteiger partial charge in [0, 0.05) is 12.5 Å². The van der Waals surface area contributed by atoms with Gasteiger partial charge in [0.25, 0.3) is 0 Å². The highest BCUT2D eigenvalue weighted by molar-refractivity contribution is 5.77.